The van der Waals surface area contributed by atoms with Crippen LogP contribution in [0.3, 0.4) is 0 Å². The lowest BCUT2D eigenvalue weighted by Gasteiger charge is -2.19. The number of benzene rings is 1. The monoisotopic (exact) mass is 322 g/mol. The Hall–Kier alpha value is -1.36. The average molecular weight is 323 g/mol. The summed E-state index contributed by atoms with van der Waals surface area (Å²) in [6, 6.07) is 5.56. The van der Waals surface area contributed by atoms with Gasteiger partial charge in [-0.2, -0.15) is 0 Å². The molecule has 110 valence electrons. The number of nitrogens with one attached hydrogen (secondary N) is 1. The van der Waals surface area contributed by atoms with Crippen molar-refractivity contribution in [2.45, 2.75) is 6.42 Å². The highest BCUT2D eigenvalue weighted by molar-refractivity contribution is 6.43. The van der Waals surface area contributed by atoms with Gasteiger partial charge in [0.1, 0.15) is 0 Å². The first-order valence-corrected chi connectivity index (χ1v) is 7.73. The standard InChI is InChI=1S/C15H16Cl2N4/c16-13-4-1-3-12(14(13)17)11-9-19-15(20-10-11)21-7-2-5-18-6-8-21/h1,3-4,9-10,18H,2,5-8H2. The van der Waals surface area contributed by atoms with Crippen molar-refractivity contribution in [1.29, 1.82) is 0 Å². The van der Waals surface area contributed by atoms with Crippen LogP contribution in [-0.2, 0) is 0 Å². The molecule has 0 radical (unpaired) electrons. The normalized spacial score (nSPS) is 15.8. The molecule has 0 bridgehead atoms. The molecular formula is C15H16Cl2N4. The van der Waals surface area contributed by atoms with Crippen molar-refractivity contribution in [3.63, 3.8) is 0 Å². The number of hydrogen-bond acceptors (Lipinski definition) is 4. The quantitative estimate of drug-likeness (QED) is 0.921. The molecule has 1 N–H and O–H groups in total. The second-order valence-electron chi connectivity index (χ2n) is 4.96. The fourth-order valence-corrected chi connectivity index (χ4v) is 2.81. The molecule has 21 heavy (non-hydrogen) atoms. The predicted octanol–water partition coefficient (Wildman–Crippen LogP) is 3.25. The van der Waals surface area contributed by atoms with E-state index in [1.54, 1.807) is 18.5 Å². The molecule has 2 aromatic rings. The highest BCUT2D eigenvalue weighted by atomic mass is 35.5. The molecule has 1 fully saturated rings. The number of halogens is 2. The van der Waals surface area contributed by atoms with Gasteiger partial charge in [-0.15, -0.1) is 0 Å². The summed E-state index contributed by atoms with van der Waals surface area (Å²) in [5.74, 6) is 0.764. The maximum Gasteiger partial charge on any atom is 0.225 e. The number of hydrogen-bond donors (Lipinski definition) is 1. The molecule has 6 heteroatoms. The van der Waals surface area contributed by atoms with E-state index in [0.29, 0.717) is 10.0 Å². The highest BCUT2D eigenvalue weighted by Crippen LogP contribution is 2.32. The Kier molecular flexibility index (Phi) is 4.58. The van der Waals surface area contributed by atoms with Crippen LogP contribution >= 0.6 is 23.2 Å². The molecule has 2 heterocycles. The minimum absolute atomic E-state index is 0.537. The summed E-state index contributed by atoms with van der Waals surface area (Å²) in [4.78, 5) is 11.2. The zero-order valence-electron chi connectivity index (χ0n) is 11.5. The predicted molar refractivity (Wildman–Crippen MR) is 87.2 cm³/mol. The lowest BCUT2D eigenvalue weighted by atomic mass is 10.1. The van der Waals surface area contributed by atoms with Crippen molar-refractivity contribution >= 4 is 29.2 Å². The van der Waals surface area contributed by atoms with Gasteiger partial charge in [0.15, 0.2) is 0 Å². The number of anilines is 1. The van der Waals surface area contributed by atoms with E-state index in [4.69, 9.17) is 23.2 Å². The van der Waals surface area contributed by atoms with E-state index in [1.807, 2.05) is 12.1 Å². The Morgan fingerprint density at radius 1 is 1.05 bits per heavy atom. The molecule has 0 aliphatic carbocycles. The Morgan fingerprint density at radius 2 is 1.86 bits per heavy atom. The van der Waals surface area contributed by atoms with Crippen molar-refractivity contribution in [1.82, 2.24) is 15.3 Å². The van der Waals surface area contributed by atoms with Crippen LogP contribution in [0.15, 0.2) is 30.6 Å². The van der Waals surface area contributed by atoms with Gasteiger partial charge in [-0.25, -0.2) is 9.97 Å². The van der Waals surface area contributed by atoms with Gasteiger partial charge < -0.3 is 10.2 Å². The molecule has 0 spiro atoms. The van der Waals surface area contributed by atoms with E-state index in [-0.39, 0.29) is 0 Å². The van der Waals surface area contributed by atoms with Crippen molar-refractivity contribution in [2.75, 3.05) is 31.1 Å². The zero-order chi connectivity index (χ0) is 14.7. The molecule has 1 saturated heterocycles. The number of nitrogens with zero attached hydrogens (tertiary/aromatic N) is 3. The summed E-state index contributed by atoms with van der Waals surface area (Å²) in [6.07, 6.45) is 4.71. The van der Waals surface area contributed by atoms with Gasteiger partial charge in [-0.3, -0.25) is 0 Å². The van der Waals surface area contributed by atoms with E-state index in [9.17, 15) is 0 Å². The topological polar surface area (TPSA) is 41.1 Å². The fraction of sp³-hybridized carbons (Fsp3) is 0.333. The van der Waals surface area contributed by atoms with Gasteiger partial charge in [0.25, 0.3) is 0 Å². The van der Waals surface area contributed by atoms with Crippen molar-refractivity contribution < 1.29 is 0 Å². The van der Waals surface area contributed by atoms with Crippen LogP contribution < -0.4 is 10.2 Å². The van der Waals surface area contributed by atoms with Crippen LogP contribution in [0.1, 0.15) is 6.42 Å². The number of rotatable bonds is 2. The van der Waals surface area contributed by atoms with Gasteiger partial charge in [0.05, 0.1) is 10.0 Å². The summed E-state index contributed by atoms with van der Waals surface area (Å²) in [7, 11) is 0. The van der Waals surface area contributed by atoms with E-state index >= 15 is 0 Å². The number of aromatic nitrogens is 2. The summed E-state index contributed by atoms with van der Waals surface area (Å²) in [5, 5.41) is 4.44. The Labute approximate surface area is 134 Å². The molecule has 0 saturated carbocycles. The molecule has 1 aromatic heterocycles. The Bertz CT molecular complexity index is 608. The van der Waals surface area contributed by atoms with E-state index < -0.39 is 0 Å². The van der Waals surface area contributed by atoms with Crippen molar-refractivity contribution in [2.24, 2.45) is 0 Å². The largest absolute Gasteiger partial charge is 0.340 e. The Morgan fingerprint density at radius 3 is 2.67 bits per heavy atom. The third-order valence-electron chi connectivity index (χ3n) is 3.52. The molecule has 0 amide bonds. The summed E-state index contributed by atoms with van der Waals surface area (Å²) >= 11 is 12.3. The smallest absolute Gasteiger partial charge is 0.225 e. The van der Waals surface area contributed by atoms with Crippen molar-refractivity contribution in [3.05, 3.63) is 40.6 Å². The van der Waals surface area contributed by atoms with E-state index in [2.05, 4.69) is 20.2 Å². The Balaban J connectivity index is 1.85. The lowest BCUT2D eigenvalue weighted by Crippen LogP contribution is -2.29. The summed E-state index contributed by atoms with van der Waals surface area (Å²) in [6.45, 7) is 3.92. The molecule has 0 atom stereocenters. The van der Waals surface area contributed by atoms with E-state index in [0.717, 1.165) is 49.7 Å². The summed E-state index contributed by atoms with van der Waals surface area (Å²) in [5.41, 5.74) is 1.73. The van der Waals surface area contributed by atoms with E-state index in [1.165, 1.54) is 0 Å². The van der Waals surface area contributed by atoms with Crippen LogP contribution in [-0.4, -0.2) is 36.1 Å². The highest BCUT2D eigenvalue weighted by Gasteiger charge is 2.13. The average Bonchev–Trinajstić information content (AvgIpc) is 2.79. The van der Waals surface area contributed by atoms with Gasteiger partial charge in [-0.05, 0) is 19.0 Å². The second-order valence-corrected chi connectivity index (χ2v) is 5.75. The van der Waals surface area contributed by atoms with Gasteiger partial charge >= 0.3 is 0 Å². The van der Waals surface area contributed by atoms with Crippen LogP contribution in [0.25, 0.3) is 11.1 Å². The maximum absolute atomic E-state index is 6.23. The van der Waals surface area contributed by atoms with Crippen LogP contribution in [0, 0.1) is 0 Å². The minimum atomic E-state index is 0.537. The third-order valence-corrected chi connectivity index (χ3v) is 4.34. The van der Waals surface area contributed by atoms with Crippen LogP contribution in [0.4, 0.5) is 5.95 Å². The second kappa shape index (κ2) is 6.60. The van der Waals surface area contributed by atoms with Gasteiger partial charge in [-0.1, -0.05) is 35.3 Å². The van der Waals surface area contributed by atoms with Gasteiger partial charge in [0.2, 0.25) is 5.95 Å². The molecule has 3 rings (SSSR count). The molecule has 1 aliphatic heterocycles. The molecular weight excluding hydrogens is 307 g/mol. The molecule has 1 aliphatic rings. The minimum Gasteiger partial charge on any atom is -0.340 e. The zero-order valence-corrected chi connectivity index (χ0v) is 13.0. The SMILES string of the molecule is Clc1cccc(-c2cnc(N3CCCNCC3)nc2)c1Cl. The van der Waals surface area contributed by atoms with Crippen LogP contribution in [0.5, 0.6) is 0 Å². The first-order chi connectivity index (χ1) is 10.3. The first kappa shape index (κ1) is 14.6. The fourth-order valence-electron chi connectivity index (χ4n) is 2.40. The van der Waals surface area contributed by atoms with Crippen LogP contribution in [0.2, 0.25) is 10.0 Å². The molecule has 4 nitrogen and oxygen atoms in total. The third kappa shape index (κ3) is 3.28. The summed E-state index contributed by atoms with van der Waals surface area (Å²) < 4.78 is 0. The first-order valence-electron chi connectivity index (χ1n) is 6.98. The maximum atomic E-state index is 6.23. The lowest BCUT2D eigenvalue weighted by molar-refractivity contribution is 0.724. The molecule has 0 unspecified atom stereocenters. The molecule has 1 aromatic carbocycles. The van der Waals surface area contributed by atoms with Crippen molar-refractivity contribution in [3.8, 4) is 11.1 Å². The van der Waals surface area contributed by atoms with Gasteiger partial charge in [0, 0.05) is 43.2 Å².